The van der Waals surface area contributed by atoms with Crippen molar-refractivity contribution >= 4 is 27.3 Å². The number of halogens is 1. The summed E-state index contributed by atoms with van der Waals surface area (Å²) in [5, 5.41) is 4.40. The maximum atomic E-state index is 3.58. The molecule has 0 saturated heterocycles. The monoisotopic (exact) mass is 246 g/mol. The van der Waals surface area contributed by atoms with E-state index in [4.69, 9.17) is 0 Å². The van der Waals surface area contributed by atoms with Crippen LogP contribution in [0.15, 0.2) is 16.8 Å². The van der Waals surface area contributed by atoms with Gasteiger partial charge in [-0.05, 0) is 41.1 Å². The molecule has 0 N–H and O–H groups in total. The number of thiophene rings is 1. The minimum absolute atomic E-state index is 0.645. The molecule has 0 amide bonds. The molecule has 0 nitrogen and oxygen atoms in total. The second-order valence-electron chi connectivity index (χ2n) is 3.46. The zero-order valence-electron chi connectivity index (χ0n) is 7.59. The van der Waals surface area contributed by atoms with Crippen LogP contribution in [0.3, 0.4) is 0 Å². The summed E-state index contributed by atoms with van der Waals surface area (Å²) in [6.07, 6.45) is 2.48. The Kier molecular flexibility index (Phi) is 4.30. The quantitative estimate of drug-likeness (QED) is 0.702. The molecule has 1 rings (SSSR count). The van der Waals surface area contributed by atoms with Gasteiger partial charge in [0, 0.05) is 4.83 Å². The van der Waals surface area contributed by atoms with Crippen molar-refractivity contribution in [2.75, 3.05) is 0 Å². The summed E-state index contributed by atoms with van der Waals surface area (Å²) >= 11 is 5.37. The Bertz CT molecular complexity index is 204. The Morgan fingerprint density at radius 3 is 2.75 bits per heavy atom. The van der Waals surface area contributed by atoms with E-state index < -0.39 is 0 Å². The molecule has 2 heteroatoms. The van der Waals surface area contributed by atoms with Gasteiger partial charge in [-0.15, -0.1) is 0 Å². The van der Waals surface area contributed by atoms with Gasteiger partial charge in [0.15, 0.2) is 0 Å². The van der Waals surface area contributed by atoms with Crippen molar-refractivity contribution < 1.29 is 0 Å². The largest absolute Gasteiger partial charge is 0.152 e. The molecule has 0 aromatic carbocycles. The van der Waals surface area contributed by atoms with Crippen LogP contribution in [0.2, 0.25) is 0 Å². The van der Waals surface area contributed by atoms with Crippen molar-refractivity contribution in [2.24, 2.45) is 5.92 Å². The molecular formula is C10H15BrS. The summed E-state index contributed by atoms with van der Waals surface area (Å²) in [5.41, 5.74) is 1.49. The van der Waals surface area contributed by atoms with E-state index in [1.807, 2.05) is 0 Å². The predicted octanol–water partition coefficient (Wildman–Crippen LogP) is 4.10. The fraction of sp³-hybridized carbons (Fsp3) is 0.600. The second-order valence-corrected chi connectivity index (χ2v) is 5.80. The highest BCUT2D eigenvalue weighted by Gasteiger charge is 2.06. The molecule has 0 aliphatic carbocycles. The van der Waals surface area contributed by atoms with E-state index in [1.54, 1.807) is 11.3 Å². The Labute approximate surface area is 87.1 Å². The number of rotatable bonds is 4. The summed E-state index contributed by atoms with van der Waals surface area (Å²) in [5.74, 6) is 0.786. The van der Waals surface area contributed by atoms with Crippen LogP contribution in [0.5, 0.6) is 0 Å². The van der Waals surface area contributed by atoms with Gasteiger partial charge in [0.1, 0.15) is 0 Å². The Morgan fingerprint density at radius 2 is 2.25 bits per heavy atom. The van der Waals surface area contributed by atoms with Crippen LogP contribution in [0.4, 0.5) is 0 Å². The van der Waals surface area contributed by atoms with Crippen LogP contribution in [-0.2, 0) is 6.42 Å². The summed E-state index contributed by atoms with van der Waals surface area (Å²) in [4.78, 5) is 0.645. The van der Waals surface area contributed by atoms with Gasteiger partial charge in [-0.2, -0.15) is 11.3 Å². The first-order valence-corrected chi connectivity index (χ1v) is 6.19. The van der Waals surface area contributed by atoms with Gasteiger partial charge in [0.2, 0.25) is 0 Å². The van der Waals surface area contributed by atoms with Gasteiger partial charge >= 0.3 is 0 Å². The van der Waals surface area contributed by atoms with Gasteiger partial charge in [-0.25, -0.2) is 0 Å². The van der Waals surface area contributed by atoms with Crippen molar-refractivity contribution in [2.45, 2.75) is 31.5 Å². The molecule has 0 fully saturated rings. The fourth-order valence-electron chi connectivity index (χ4n) is 1.45. The van der Waals surface area contributed by atoms with Crippen molar-refractivity contribution in [3.8, 4) is 0 Å². The predicted molar refractivity (Wildman–Crippen MR) is 60.2 cm³/mol. The van der Waals surface area contributed by atoms with Gasteiger partial charge in [0.25, 0.3) is 0 Å². The average Bonchev–Trinajstić information content (AvgIpc) is 2.37. The molecule has 2 atom stereocenters. The van der Waals surface area contributed by atoms with Crippen molar-refractivity contribution in [3.05, 3.63) is 22.4 Å². The minimum atomic E-state index is 0.645. The van der Waals surface area contributed by atoms with Crippen molar-refractivity contribution in [1.82, 2.24) is 0 Å². The smallest absolute Gasteiger partial charge is 0.0120 e. The zero-order valence-corrected chi connectivity index (χ0v) is 9.99. The second kappa shape index (κ2) is 5.03. The van der Waals surface area contributed by atoms with E-state index in [-0.39, 0.29) is 0 Å². The molecule has 2 unspecified atom stereocenters. The summed E-state index contributed by atoms with van der Waals surface area (Å²) < 4.78 is 0. The molecular weight excluding hydrogens is 232 g/mol. The van der Waals surface area contributed by atoms with Crippen LogP contribution < -0.4 is 0 Å². The maximum Gasteiger partial charge on any atom is 0.0120 e. The van der Waals surface area contributed by atoms with Crippen LogP contribution in [0.25, 0.3) is 0 Å². The first kappa shape index (κ1) is 10.3. The third-order valence-electron chi connectivity index (χ3n) is 1.89. The molecule has 1 aromatic heterocycles. The lowest BCUT2D eigenvalue weighted by Gasteiger charge is -2.11. The molecule has 12 heavy (non-hydrogen) atoms. The molecule has 0 radical (unpaired) electrons. The zero-order chi connectivity index (χ0) is 8.97. The number of hydrogen-bond acceptors (Lipinski definition) is 1. The number of hydrogen-bond donors (Lipinski definition) is 0. The standard InChI is InChI=1S/C10H15BrS/c1-8(5-9(2)11)6-10-3-4-12-7-10/h3-4,7-9H,5-6H2,1-2H3. The van der Waals surface area contributed by atoms with E-state index in [1.165, 1.54) is 18.4 Å². The topological polar surface area (TPSA) is 0 Å². The Hall–Kier alpha value is 0.180. The highest BCUT2D eigenvalue weighted by Crippen LogP contribution is 2.18. The highest BCUT2D eigenvalue weighted by atomic mass is 79.9. The molecule has 0 spiro atoms. The minimum Gasteiger partial charge on any atom is -0.152 e. The maximum absolute atomic E-state index is 3.58. The van der Waals surface area contributed by atoms with Crippen molar-refractivity contribution in [3.63, 3.8) is 0 Å². The first-order valence-electron chi connectivity index (χ1n) is 4.33. The van der Waals surface area contributed by atoms with E-state index in [9.17, 15) is 0 Å². The Balaban J connectivity index is 2.32. The molecule has 1 aromatic rings. The van der Waals surface area contributed by atoms with Gasteiger partial charge in [-0.3, -0.25) is 0 Å². The van der Waals surface area contributed by atoms with Crippen LogP contribution in [0.1, 0.15) is 25.8 Å². The lowest BCUT2D eigenvalue weighted by atomic mass is 9.99. The normalized spacial score (nSPS) is 15.9. The Morgan fingerprint density at radius 1 is 1.50 bits per heavy atom. The third kappa shape index (κ3) is 3.72. The molecule has 0 bridgehead atoms. The van der Waals surface area contributed by atoms with E-state index in [0.29, 0.717) is 4.83 Å². The van der Waals surface area contributed by atoms with Gasteiger partial charge in [0.05, 0.1) is 0 Å². The lowest BCUT2D eigenvalue weighted by Crippen LogP contribution is -2.04. The third-order valence-corrected chi connectivity index (χ3v) is 3.00. The average molecular weight is 247 g/mol. The van der Waals surface area contributed by atoms with Gasteiger partial charge < -0.3 is 0 Å². The molecule has 68 valence electrons. The lowest BCUT2D eigenvalue weighted by molar-refractivity contribution is 0.533. The van der Waals surface area contributed by atoms with E-state index in [0.717, 1.165) is 5.92 Å². The molecule has 0 aliphatic rings. The highest BCUT2D eigenvalue weighted by molar-refractivity contribution is 9.09. The SMILES string of the molecule is CC(Br)CC(C)Cc1ccsc1. The van der Waals surface area contributed by atoms with E-state index in [2.05, 4.69) is 46.6 Å². The summed E-state index contributed by atoms with van der Waals surface area (Å²) in [6.45, 7) is 4.53. The summed E-state index contributed by atoms with van der Waals surface area (Å²) in [7, 11) is 0. The van der Waals surface area contributed by atoms with E-state index >= 15 is 0 Å². The molecule has 0 aliphatic heterocycles. The van der Waals surface area contributed by atoms with Crippen LogP contribution in [0, 0.1) is 5.92 Å². The number of alkyl halides is 1. The van der Waals surface area contributed by atoms with Gasteiger partial charge in [-0.1, -0.05) is 29.8 Å². The van der Waals surface area contributed by atoms with Crippen LogP contribution in [-0.4, -0.2) is 4.83 Å². The first-order chi connectivity index (χ1) is 5.68. The molecule has 1 heterocycles. The molecule has 0 saturated carbocycles. The van der Waals surface area contributed by atoms with Crippen LogP contribution >= 0.6 is 27.3 Å². The summed E-state index contributed by atoms with van der Waals surface area (Å²) in [6, 6.07) is 2.22. The fourth-order valence-corrected chi connectivity index (χ4v) is 2.77. The van der Waals surface area contributed by atoms with Crippen molar-refractivity contribution in [1.29, 1.82) is 0 Å².